The molecule has 128 valence electrons. The van der Waals surface area contributed by atoms with E-state index in [1.54, 1.807) is 0 Å². The van der Waals surface area contributed by atoms with Crippen LogP contribution in [0.2, 0.25) is 0 Å². The fraction of sp³-hybridized carbons (Fsp3) is 0.409. The third-order valence-corrected chi connectivity index (χ3v) is 4.80. The third kappa shape index (κ3) is 4.70. The molecule has 0 aliphatic rings. The van der Waals surface area contributed by atoms with Gasteiger partial charge in [-0.05, 0) is 73.9 Å². The molecule has 1 N–H and O–H groups in total. The Morgan fingerprint density at radius 3 is 2.17 bits per heavy atom. The summed E-state index contributed by atoms with van der Waals surface area (Å²) in [6, 6.07) is 13.0. The van der Waals surface area contributed by atoms with Gasteiger partial charge in [0.15, 0.2) is 0 Å². The summed E-state index contributed by atoms with van der Waals surface area (Å²) in [6.45, 7) is 10.6. The van der Waals surface area contributed by atoms with Crippen LogP contribution in [-0.4, -0.2) is 5.91 Å². The Morgan fingerprint density at radius 1 is 0.958 bits per heavy atom. The molecule has 0 aromatic heterocycles. The Labute approximate surface area is 146 Å². The molecule has 1 atom stereocenters. The minimum Gasteiger partial charge on any atom is -0.350 e. The molecule has 2 nitrogen and oxygen atoms in total. The summed E-state index contributed by atoms with van der Waals surface area (Å²) in [6.07, 6.45) is 2.36. The second-order valence-corrected chi connectivity index (χ2v) is 6.75. The van der Waals surface area contributed by atoms with E-state index in [1.165, 1.54) is 33.4 Å². The largest absolute Gasteiger partial charge is 0.350 e. The van der Waals surface area contributed by atoms with Crippen LogP contribution in [0.4, 0.5) is 0 Å². The quantitative estimate of drug-likeness (QED) is 0.797. The van der Waals surface area contributed by atoms with Gasteiger partial charge in [0.05, 0.1) is 6.04 Å². The lowest BCUT2D eigenvalue weighted by molar-refractivity contribution is -0.121. The number of hydrogen-bond donors (Lipinski definition) is 1. The molecule has 0 unspecified atom stereocenters. The van der Waals surface area contributed by atoms with E-state index in [0.717, 1.165) is 12.8 Å². The van der Waals surface area contributed by atoms with Crippen molar-refractivity contribution in [3.63, 3.8) is 0 Å². The molecule has 2 aromatic carbocycles. The van der Waals surface area contributed by atoms with E-state index < -0.39 is 0 Å². The van der Waals surface area contributed by atoms with Crippen molar-refractivity contribution in [3.8, 4) is 0 Å². The Hall–Kier alpha value is -2.09. The normalized spacial score (nSPS) is 12.0. The van der Waals surface area contributed by atoms with Crippen molar-refractivity contribution in [3.05, 3.63) is 69.8 Å². The molecule has 24 heavy (non-hydrogen) atoms. The van der Waals surface area contributed by atoms with Gasteiger partial charge in [0.25, 0.3) is 0 Å². The Bertz CT molecular complexity index is 701. The summed E-state index contributed by atoms with van der Waals surface area (Å²) in [7, 11) is 0. The van der Waals surface area contributed by atoms with Crippen molar-refractivity contribution in [2.24, 2.45) is 0 Å². The maximum atomic E-state index is 12.3. The maximum absolute atomic E-state index is 12.3. The average molecular weight is 323 g/mol. The highest BCUT2D eigenvalue weighted by Gasteiger charge is 2.13. The van der Waals surface area contributed by atoms with Crippen LogP contribution in [0.3, 0.4) is 0 Å². The molecule has 0 radical (unpaired) electrons. The monoisotopic (exact) mass is 323 g/mol. The first-order chi connectivity index (χ1) is 11.4. The Kier molecular flexibility index (Phi) is 6.19. The highest BCUT2D eigenvalue weighted by atomic mass is 16.1. The Balaban J connectivity index is 1.92. The van der Waals surface area contributed by atoms with E-state index in [9.17, 15) is 4.79 Å². The molecule has 0 spiro atoms. The van der Waals surface area contributed by atoms with Gasteiger partial charge in [-0.2, -0.15) is 0 Å². The van der Waals surface area contributed by atoms with Gasteiger partial charge in [0.1, 0.15) is 0 Å². The second kappa shape index (κ2) is 8.14. The first-order valence-electron chi connectivity index (χ1n) is 8.85. The molecule has 0 aliphatic carbocycles. The summed E-state index contributed by atoms with van der Waals surface area (Å²) >= 11 is 0. The minimum absolute atomic E-state index is 0.0410. The summed E-state index contributed by atoms with van der Waals surface area (Å²) in [4.78, 5) is 12.3. The molecule has 0 bridgehead atoms. The number of aryl methyl sites for hydroxylation is 5. The predicted molar refractivity (Wildman–Crippen MR) is 101 cm³/mol. The highest BCUT2D eigenvalue weighted by Crippen LogP contribution is 2.21. The van der Waals surface area contributed by atoms with E-state index in [2.05, 4.69) is 76.3 Å². The third-order valence-electron chi connectivity index (χ3n) is 4.80. The Morgan fingerprint density at radius 2 is 1.54 bits per heavy atom. The second-order valence-electron chi connectivity index (χ2n) is 6.75. The molecule has 2 heteroatoms. The van der Waals surface area contributed by atoms with Gasteiger partial charge < -0.3 is 5.32 Å². The molecule has 2 rings (SSSR count). The summed E-state index contributed by atoms with van der Waals surface area (Å²) in [5, 5.41) is 3.14. The first-order valence-corrected chi connectivity index (χ1v) is 8.85. The van der Waals surface area contributed by atoms with Crippen molar-refractivity contribution >= 4 is 5.91 Å². The lowest BCUT2D eigenvalue weighted by Crippen LogP contribution is -2.27. The highest BCUT2D eigenvalue weighted by molar-refractivity contribution is 5.76. The predicted octanol–water partition coefficient (Wildman–Crippen LogP) is 4.98. The van der Waals surface area contributed by atoms with Gasteiger partial charge in [-0.15, -0.1) is 0 Å². The van der Waals surface area contributed by atoms with Crippen molar-refractivity contribution in [1.29, 1.82) is 0 Å². The minimum atomic E-state index is 0.0410. The van der Waals surface area contributed by atoms with Crippen molar-refractivity contribution < 1.29 is 4.79 Å². The summed E-state index contributed by atoms with van der Waals surface area (Å²) in [5.41, 5.74) is 7.57. The number of rotatable bonds is 6. The number of carbonyl (C=O) groups excluding carboxylic acids is 1. The van der Waals surface area contributed by atoms with Gasteiger partial charge in [-0.25, -0.2) is 0 Å². The van der Waals surface area contributed by atoms with Gasteiger partial charge in [0.2, 0.25) is 5.91 Å². The van der Waals surface area contributed by atoms with E-state index in [1.807, 2.05) is 0 Å². The molecule has 0 saturated heterocycles. The van der Waals surface area contributed by atoms with Crippen LogP contribution in [-0.2, 0) is 17.6 Å². The van der Waals surface area contributed by atoms with Gasteiger partial charge in [0, 0.05) is 6.42 Å². The van der Waals surface area contributed by atoms with Crippen LogP contribution in [0, 0.1) is 20.8 Å². The molecule has 0 aliphatic heterocycles. The van der Waals surface area contributed by atoms with Crippen LogP contribution < -0.4 is 5.32 Å². The van der Waals surface area contributed by atoms with E-state index >= 15 is 0 Å². The fourth-order valence-electron chi connectivity index (χ4n) is 3.04. The zero-order valence-corrected chi connectivity index (χ0v) is 15.6. The first kappa shape index (κ1) is 18.3. The number of nitrogens with one attached hydrogen (secondary N) is 1. The van der Waals surface area contributed by atoms with Gasteiger partial charge in [-0.3, -0.25) is 4.79 Å². The number of hydrogen-bond acceptors (Lipinski definition) is 1. The molecule has 0 heterocycles. The lowest BCUT2D eigenvalue weighted by Gasteiger charge is -2.18. The van der Waals surface area contributed by atoms with Gasteiger partial charge in [-0.1, -0.05) is 43.3 Å². The molecule has 0 fully saturated rings. The van der Waals surface area contributed by atoms with E-state index in [-0.39, 0.29) is 11.9 Å². The van der Waals surface area contributed by atoms with E-state index in [0.29, 0.717) is 6.42 Å². The van der Waals surface area contributed by atoms with Crippen LogP contribution in [0.1, 0.15) is 59.7 Å². The number of amides is 1. The lowest BCUT2D eigenvalue weighted by atomic mass is 9.96. The fourth-order valence-corrected chi connectivity index (χ4v) is 3.04. The van der Waals surface area contributed by atoms with Gasteiger partial charge >= 0.3 is 0 Å². The zero-order chi connectivity index (χ0) is 17.7. The van der Waals surface area contributed by atoms with Crippen LogP contribution in [0.15, 0.2) is 36.4 Å². The molecular weight excluding hydrogens is 294 g/mol. The topological polar surface area (TPSA) is 29.1 Å². The van der Waals surface area contributed by atoms with Crippen molar-refractivity contribution in [1.82, 2.24) is 5.32 Å². The SMILES string of the molecule is CCc1ccc(CCC(=O)N[C@@H](C)c2cc(C)c(C)cc2C)cc1. The molecule has 1 amide bonds. The van der Waals surface area contributed by atoms with Crippen LogP contribution in [0.5, 0.6) is 0 Å². The van der Waals surface area contributed by atoms with Crippen molar-refractivity contribution in [2.75, 3.05) is 0 Å². The standard InChI is InChI=1S/C22H29NO/c1-6-19-7-9-20(10-8-19)11-12-22(24)23-18(5)21-14-16(3)15(2)13-17(21)4/h7-10,13-14,18H,6,11-12H2,1-5H3,(H,23,24)/t18-/m0/s1. The summed E-state index contributed by atoms with van der Waals surface area (Å²) in [5.74, 6) is 0.111. The number of benzene rings is 2. The zero-order valence-electron chi connectivity index (χ0n) is 15.6. The summed E-state index contributed by atoms with van der Waals surface area (Å²) < 4.78 is 0. The van der Waals surface area contributed by atoms with Crippen LogP contribution in [0.25, 0.3) is 0 Å². The number of carbonyl (C=O) groups is 1. The smallest absolute Gasteiger partial charge is 0.220 e. The molecular formula is C22H29NO. The van der Waals surface area contributed by atoms with Crippen LogP contribution >= 0.6 is 0 Å². The van der Waals surface area contributed by atoms with Crippen molar-refractivity contribution in [2.45, 2.75) is 59.9 Å². The molecule has 0 saturated carbocycles. The average Bonchev–Trinajstić information content (AvgIpc) is 2.56. The molecule has 2 aromatic rings. The van der Waals surface area contributed by atoms with E-state index in [4.69, 9.17) is 0 Å². The maximum Gasteiger partial charge on any atom is 0.220 e.